The van der Waals surface area contributed by atoms with Crippen LogP contribution >= 0.6 is 23.5 Å². The van der Waals surface area contributed by atoms with E-state index in [0.717, 1.165) is 27.1 Å². The standard InChI is InChI=1S/C21H19FN2O3S2/c1-14-6-2-5-9-17(14)28-13-19(25)23-10-11-24-20(26)18(29-21(24)27)12-15-7-3-4-8-16(15)22/h2-9,12H,10-11,13H2,1H3,(H,23,25)/b18-12-. The van der Waals surface area contributed by atoms with E-state index in [4.69, 9.17) is 0 Å². The first kappa shape index (κ1) is 21.1. The molecule has 150 valence electrons. The predicted octanol–water partition coefficient (Wildman–Crippen LogP) is 4.08. The zero-order valence-electron chi connectivity index (χ0n) is 15.7. The molecule has 3 amide bonds. The second kappa shape index (κ2) is 9.76. The van der Waals surface area contributed by atoms with Crippen LogP contribution in [0, 0.1) is 12.7 Å². The summed E-state index contributed by atoms with van der Waals surface area (Å²) in [7, 11) is 0. The van der Waals surface area contributed by atoms with Crippen molar-refractivity contribution in [1.82, 2.24) is 10.2 Å². The van der Waals surface area contributed by atoms with Crippen LogP contribution in [-0.2, 0) is 9.59 Å². The monoisotopic (exact) mass is 430 g/mol. The molecule has 29 heavy (non-hydrogen) atoms. The van der Waals surface area contributed by atoms with Crippen molar-refractivity contribution in [2.75, 3.05) is 18.8 Å². The van der Waals surface area contributed by atoms with E-state index >= 15 is 0 Å². The van der Waals surface area contributed by atoms with Gasteiger partial charge < -0.3 is 5.32 Å². The Bertz CT molecular complexity index is 978. The minimum Gasteiger partial charge on any atom is -0.354 e. The highest BCUT2D eigenvalue weighted by atomic mass is 32.2. The molecule has 1 aliphatic rings. The third kappa shape index (κ3) is 5.48. The van der Waals surface area contributed by atoms with Crippen molar-refractivity contribution in [3.8, 4) is 0 Å². The number of halogens is 1. The van der Waals surface area contributed by atoms with Crippen molar-refractivity contribution in [3.63, 3.8) is 0 Å². The maximum absolute atomic E-state index is 13.8. The van der Waals surface area contributed by atoms with Crippen molar-refractivity contribution >= 4 is 46.7 Å². The first-order chi connectivity index (χ1) is 14.0. The molecule has 2 aromatic carbocycles. The van der Waals surface area contributed by atoms with Crippen LogP contribution in [0.5, 0.6) is 0 Å². The van der Waals surface area contributed by atoms with Crippen molar-refractivity contribution in [1.29, 1.82) is 0 Å². The van der Waals surface area contributed by atoms with Crippen molar-refractivity contribution < 1.29 is 18.8 Å². The lowest BCUT2D eigenvalue weighted by Gasteiger charge is -2.13. The van der Waals surface area contributed by atoms with E-state index in [1.54, 1.807) is 12.1 Å². The number of aryl methyl sites for hydroxylation is 1. The van der Waals surface area contributed by atoms with E-state index in [0.29, 0.717) is 0 Å². The smallest absolute Gasteiger partial charge is 0.293 e. The molecular formula is C21H19FN2O3S2. The van der Waals surface area contributed by atoms with Crippen molar-refractivity contribution in [2.24, 2.45) is 0 Å². The molecule has 0 spiro atoms. The molecule has 0 aliphatic carbocycles. The third-order valence-corrected chi connectivity index (χ3v) is 6.26. The zero-order valence-corrected chi connectivity index (χ0v) is 17.3. The Morgan fingerprint density at radius 3 is 2.66 bits per heavy atom. The van der Waals surface area contributed by atoms with Gasteiger partial charge in [0.25, 0.3) is 11.1 Å². The second-order valence-corrected chi connectivity index (χ2v) is 8.27. The summed E-state index contributed by atoms with van der Waals surface area (Å²) in [6, 6.07) is 13.8. The molecule has 8 heteroatoms. The second-order valence-electron chi connectivity index (χ2n) is 6.26. The molecule has 1 aliphatic heterocycles. The molecule has 1 heterocycles. The van der Waals surface area contributed by atoms with E-state index in [-0.39, 0.29) is 35.2 Å². The van der Waals surface area contributed by atoms with E-state index in [2.05, 4.69) is 5.32 Å². The highest BCUT2D eigenvalue weighted by Crippen LogP contribution is 2.32. The average molecular weight is 431 g/mol. The number of thioether (sulfide) groups is 2. The molecule has 5 nitrogen and oxygen atoms in total. The minimum atomic E-state index is -0.480. The normalized spacial score (nSPS) is 15.2. The molecular weight excluding hydrogens is 411 g/mol. The number of imide groups is 1. The molecule has 0 atom stereocenters. The maximum Gasteiger partial charge on any atom is 0.293 e. The fourth-order valence-electron chi connectivity index (χ4n) is 2.65. The van der Waals surface area contributed by atoms with E-state index in [9.17, 15) is 18.8 Å². The van der Waals surface area contributed by atoms with Gasteiger partial charge >= 0.3 is 0 Å². The van der Waals surface area contributed by atoms with Gasteiger partial charge in [-0.1, -0.05) is 36.4 Å². The third-order valence-electron chi connectivity index (χ3n) is 4.18. The number of nitrogens with one attached hydrogen (secondary N) is 1. The Morgan fingerprint density at radius 2 is 1.90 bits per heavy atom. The van der Waals surface area contributed by atoms with E-state index < -0.39 is 17.0 Å². The molecule has 1 N–H and O–H groups in total. The van der Waals surface area contributed by atoms with Gasteiger partial charge in [-0.3, -0.25) is 19.3 Å². The van der Waals surface area contributed by atoms with Crippen LogP contribution < -0.4 is 5.32 Å². The minimum absolute atomic E-state index is 0.0695. The Morgan fingerprint density at radius 1 is 1.17 bits per heavy atom. The Hall–Kier alpha value is -2.58. The van der Waals surface area contributed by atoms with E-state index in [1.807, 2.05) is 31.2 Å². The van der Waals surface area contributed by atoms with Crippen LogP contribution in [0.15, 0.2) is 58.3 Å². The predicted molar refractivity (Wildman–Crippen MR) is 114 cm³/mol. The lowest BCUT2D eigenvalue weighted by molar-refractivity contribution is -0.123. The Labute approximate surface area is 176 Å². The molecule has 2 aromatic rings. The summed E-state index contributed by atoms with van der Waals surface area (Å²) in [6.45, 7) is 2.22. The lowest BCUT2D eigenvalue weighted by Crippen LogP contribution is -2.37. The Balaban J connectivity index is 1.50. The summed E-state index contributed by atoms with van der Waals surface area (Å²) in [5, 5.41) is 2.29. The van der Waals surface area contributed by atoms with Crippen molar-refractivity contribution in [2.45, 2.75) is 11.8 Å². The van der Waals surface area contributed by atoms with Crippen LogP contribution in [0.3, 0.4) is 0 Å². The van der Waals surface area contributed by atoms with Gasteiger partial charge in [-0.2, -0.15) is 0 Å². The number of carbonyl (C=O) groups is 3. The van der Waals surface area contributed by atoms with Crippen LogP contribution in [0.4, 0.5) is 9.18 Å². The molecule has 1 saturated heterocycles. The largest absolute Gasteiger partial charge is 0.354 e. The molecule has 3 rings (SSSR count). The average Bonchev–Trinajstić information content (AvgIpc) is 2.96. The molecule has 0 unspecified atom stereocenters. The molecule has 0 aromatic heterocycles. The van der Waals surface area contributed by atoms with Gasteiger partial charge in [-0.05, 0) is 42.5 Å². The number of carbonyl (C=O) groups excluding carboxylic acids is 3. The quantitative estimate of drug-likeness (QED) is 0.530. The van der Waals surface area contributed by atoms with Gasteiger partial charge in [-0.15, -0.1) is 11.8 Å². The summed E-state index contributed by atoms with van der Waals surface area (Å²) in [5.74, 6) is -0.864. The van der Waals surface area contributed by atoms with Crippen LogP contribution in [0.25, 0.3) is 6.08 Å². The lowest BCUT2D eigenvalue weighted by atomic mass is 10.2. The summed E-state index contributed by atoms with van der Waals surface area (Å²) < 4.78 is 13.8. The van der Waals surface area contributed by atoms with Gasteiger partial charge in [0, 0.05) is 23.5 Å². The fourth-order valence-corrected chi connectivity index (χ4v) is 4.36. The number of hydrogen-bond acceptors (Lipinski definition) is 5. The number of amides is 3. The molecule has 0 bridgehead atoms. The van der Waals surface area contributed by atoms with Crippen molar-refractivity contribution in [3.05, 3.63) is 70.4 Å². The van der Waals surface area contributed by atoms with Crippen LogP contribution in [0.1, 0.15) is 11.1 Å². The van der Waals surface area contributed by atoms with Crippen LogP contribution in [0.2, 0.25) is 0 Å². The van der Waals surface area contributed by atoms with Gasteiger partial charge in [0.1, 0.15) is 5.82 Å². The summed E-state index contributed by atoms with van der Waals surface area (Å²) in [4.78, 5) is 38.8. The number of rotatable bonds is 7. The zero-order chi connectivity index (χ0) is 20.8. The van der Waals surface area contributed by atoms with Gasteiger partial charge in [0.2, 0.25) is 5.91 Å². The SMILES string of the molecule is Cc1ccccc1SCC(=O)NCCN1C(=O)S/C(=C\c2ccccc2F)C1=O. The first-order valence-corrected chi connectivity index (χ1v) is 10.7. The number of benzene rings is 2. The number of hydrogen-bond donors (Lipinski definition) is 1. The molecule has 1 fully saturated rings. The van der Waals surface area contributed by atoms with Gasteiger partial charge in [0.15, 0.2) is 0 Å². The highest BCUT2D eigenvalue weighted by Gasteiger charge is 2.34. The highest BCUT2D eigenvalue weighted by molar-refractivity contribution is 8.18. The summed E-state index contributed by atoms with van der Waals surface area (Å²) >= 11 is 2.20. The molecule has 0 radical (unpaired) electrons. The number of nitrogens with zero attached hydrogens (tertiary/aromatic N) is 1. The fraction of sp³-hybridized carbons (Fsp3) is 0.190. The van der Waals surface area contributed by atoms with Crippen LogP contribution in [-0.4, -0.2) is 40.8 Å². The molecule has 0 saturated carbocycles. The van der Waals surface area contributed by atoms with Gasteiger partial charge in [-0.25, -0.2) is 4.39 Å². The first-order valence-electron chi connectivity index (χ1n) is 8.91. The summed E-state index contributed by atoms with van der Waals surface area (Å²) in [6.07, 6.45) is 1.37. The van der Waals surface area contributed by atoms with Gasteiger partial charge in [0.05, 0.1) is 10.7 Å². The topological polar surface area (TPSA) is 66.5 Å². The van der Waals surface area contributed by atoms with E-state index in [1.165, 1.54) is 30.0 Å². The Kier molecular flexibility index (Phi) is 7.11. The maximum atomic E-state index is 13.8. The summed E-state index contributed by atoms with van der Waals surface area (Å²) in [5.41, 5.74) is 1.35.